The van der Waals surface area contributed by atoms with Crippen LogP contribution in [0.1, 0.15) is 38.2 Å². The summed E-state index contributed by atoms with van der Waals surface area (Å²) in [6, 6.07) is 4.15. The van der Waals surface area contributed by atoms with Gasteiger partial charge in [-0.2, -0.15) is 0 Å². The van der Waals surface area contributed by atoms with Gasteiger partial charge in [-0.15, -0.1) is 0 Å². The van der Waals surface area contributed by atoms with Crippen LogP contribution in [0.3, 0.4) is 0 Å². The van der Waals surface area contributed by atoms with E-state index in [4.69, 9.17) is 10.8 Å². The molecule has 0 aliphatic carbocycles. The summed E-state index contributed by atoms with van der Waals surface area (Å²) in [4.78, 5) is 47.8. The number of sulfonamides is 1. The smallest absolute Gasteiger partial charge is 0.303 e. The van der Waals surface area contributed by atoms with Gasteiger partial charge in [0.1, 0.15) is 12.1 Å². The van der Waals surface area contributed by atoms with Crippen LogP contribution < -0.4 is 16.4 Å². The maximum Gasteiger partial charge on any atom is 0.303 e. The molecule has 172 valence electrons. The van der Waals surface area contributed by atoms with E-state index in [0.29, 0.717) is 24.1 Å². The molecule has 2 heterocycles. The van der Waals surface area contributed by atoms with Crippen molar-refractivity contribution in [3.05, 3.63) is 35.4 Å². The lowest BCUT2D eigenvalue weighted by Gasteiger charge is -2.27. The highest BCUT2D eigenvalue weighted by molar-refractivity contribution is 7.90. The number of primary amides is 1. The molecular formula is C20H24N4O7S. The Morgan fingerprint density at radius 3 is 2.53 bits per heavy atom. The summed E-state index contributed by atoms with van der Waals surface area (Å²) in [5, 5.41) is 13.6. The number of carbonyl (C=O) groups excluding carboxylic acids is 3. The summed E-state index contributed by atoms with van der Waals surface area (Å²) in [5.74, 6) is -3.35. The van der Waals surface area contributed by atoms with Crippen LogP contribution in [0.2, 0.25) is 0 Å². The first kappa shape index (κ1) is 23.3. The van der Waals surface area contributed by atoms with Crippen LogP contribution in [-0.4, -0.2) is 60.1 Å². The molecule has 1 aromatic carbocycles. The number of nitrogens with zero attached hydrogens (tertiary/aromatic N) is 1. The topological polar surface area (TPSA) is 176 Å². The Labute approximate surface area is 184 Å². The molecule has 0 fully saturated rings. The number of benzene rings is 1. The highest BCUT2D eigenvalue weighted by Gasteiger charge is 2.42. The molecule has 3 amide bonds. The SMILES string of the molecule is C[C@H](NC(=O)C1=C2c3ccccc3S(=O)(=O)N2CCC1)C(=O)N[C@H](CCC(=O)O)C(N)=O. The Morgan fingerprint density at radius 2 is 1.88 bits per heavy atom. The van der Waals surface area contributed by atoms with Crippen molar-refractivity contribution in [1.82, 2.24) is 14.9 Å². The molecule has 0 unspecified atom stereocenters. The fraction of sp³-hybridized carbons (Fsp3) is 0.400. The molecule has 3 rings (SSSR count). The minimum Gasteiger partial charge on any atom is -0.481 e. The molecule has 2 atom stereocenters. The van der Waals surface area contributed by atoms with Crippen molar-refractivity contribution in [3.63, 3.8) is 0 Å². The second-order valence-electron chi connectivity index (χ2n) is 7.60. The zero-order valence-electron chi connectivity index (χ0n) is 17.3. The molecule has 0 aromatic heterocycles. The van der Waals surface area contributed by atoms with Crippen LogP contribution in [-0.2, 0) is 29.2 Å². The van der Waals surface area contributed by atoms with E-state index in [1.54, 1.807) is 18.2 Å². The molecule has 0 bridgehead atoms. The molecule has 0 saturated heterocycles. The number of amides is 3. The molecule has 0 spiro atoms. The van der Waals surface area contributed by atoms with Gasteiger partial charge in [0, 0.05) is 24.1 Å². The van der Waals surface area contributed by atoms with Gasteiger partial charge in [0.15, 0.2) is 0 Å². The Hall–Kier alpha value is -3.41. The number of carboxylic acid groups (broad SMARTS) is 1. The summed E-state index contributed by atoms with van der Waals surface area (Å²) >= 11 is 0. The maximum absolute atomic E-state index is 13.0. The van der Waals surface area contributed by atoms with Gasteiger partial charge in [-0.3, -0.25) is 23.5 Å². The normalized spacial score (nSPS) is 18.2. The van der Waals surface area contributed by atoms with Crippen molar-refractivity contribution in [2.24, 2.45) is 5.73 Å². The second-order valence-corrected chi connectivity index (χ2v) is 9.43. The molecule has 1 aromatic rings. The maximum atomic E-state index is 13.0. The Morgan fingerprint density at radius 1 is 1.19 bits per heavy atom. The van der Waals surface area contributed by atoms with Crippen molar-refractivity contribution in [2.45, 2.75) is 49.6 Å². The predicted octanol–water partition coefficient (Wildman–Crippen LogP) is -0.465. The van der Waals surface area contributed by atoms with E-state index in [0.717, 1.165) is 0 Å². The van der Waals surface area contributed by atoms with Gasteiger partial charge in [-0.1, -0.05) is 18.2 Å². The van der Waals surface area contributed by atoms with Gasteiger partial charge in [-0.05, 0) is 32.3 Å². The number of hydrogen-bond donors (Lipinski definition) is 4. The molecule has 0 radical (unpaired) electrons. The van der Waals surface area contributed by atoms with E-state index in [1.807, 2.05) is 0 Å². The number of carboxylic acids is 1. The summed E-state index contributed by atoms with van der Waals surface area (Å²) in [7, 11) is -3.74. The molecule has 32 heavy (non-hydrogen) atoms. The molecule has 2 aliphatic rings. The van der Waals surface area contributed by atoms with E-state index >= 15 is 0 Å². The third-order valence-electron chi connectivity index (χ3n) is 5.36. The fourth-order valence-electron chi connectivity index (χ4n) is 3.74. The third kappa shape index (κ3) is 4.44. The predicted molar refractivity (Wildman–Crippen MR) is 112 cm³/mol. The molecular weight excluding hydrogens is 440 g/mol. The summed E-state index contributed by atoms with van der Waals surface area (Å²) in [6.45, 7) is 1.65. The lowest BCUT2D eigenvalue weighted by molar-refractivity contribution is -0.137. The van der Waals surface area contributed by atoms with Gasteiger partial charge in [-0.25, -0.2) is 8.42 Å². The Balaban J connectivity index is 1.78. The van der Waals surface area contributed by atoms with Crippen molar-refractivity contribution < 1.29 is 32.7 Å². The number of fused-ring (bicyclic) bond motifs is 3. The van der Waals surface area contributed by atoms with Crippen LogP contribution in [0.4, 0.5) is 0 Å². The average molecular weight is 465 g/mol. The number of hydrogen-bond acceptors (Lipinski definition) is 6. The Kier molecular flexibility index (Phi) is 6.53. The summed E-state index contributed by atoms with van der Waals surface area (Å²) < 4.78 is 26.9. The average Bonchev–Trinajstić information content (AvgIpc) is 2.98. The van der Waals surface area contributed by atoms with E-state index < -0.39 is 45.8 Å². The van der Waals surface area contributed by atoms with Gasteiger partial charge < -0.3 is 21.5 Å². The number of nitrogens with two attached hydrogens (primary N) is 1. The van der Waals surface area contributed by atoms with Gasteiger partial charge in [0.2, 0.25) is 17.7 Å². The summed E-state index contributed by atoms with van der Waals surface area (Å²) in [6.07, 6.45) is 0.224. The number of carbonyl (C=O) groups is 4. The lowest BCUT2D eigenvalue weighted by Crippen LogP contribution is -2.52. The highest BCUT2D eigenvalue weighted by Crippen LogP contribution is 2.43. The van der Waals surface area contributed by atoms with E-state index in [2.05, 4.69) is 10.6 Å². The number of nitrogens with one attached hydrogen (secondary N) is 2. The Bertz CT molecular complexity index is 1110. The van der Waals surface area contributed by atoms with E-state index in [1.165, 1.54) is 17.3 Å². The first-order chi connectivity index (χ1) is 15.0. The van der Waals surface area contributed by atoms with Gasteiger partial charge in [0.05, 0.1) is 10.6 Å². The zero-order chi connectivity index (χ0) is 23.6. The molecule has 5 N–H and O–H groups in total. The lowest BCUT2D eigenvalue weighted by atomic mass is 9.98. The monoisotopic (exact) mass is 464 g/mol. The van der Waals surface area contributed by atoms with E-state index in [9.17, 15) is 27.6 Å². The molecule has 2 aliphatic heterocycles. The van der Waals surface area contributed by atoms with Crippen molar-refractivity contribution in [2.75, 3.05) is 6.54 Å². The van der Waals surface area contributed by atoms with Crippen LogP contribution in [0, 0.1) is 0 Å². The first-order valence-electron chi connectivity index (χ1n) is 10.0. The van der Waals surface area contributed by atoms with E-state index in [-0.39, 0.29) is 29.9 Å². The number of aliphatic carboxylic acids is 1. The molecule has 12 heteroatoms. The quantitative estimate of drug-likeness (QED) is 0.402. The summed E-state index contributed by atoms with van der Waals surface area (Å²) in [5.41, 5.74) is 6.22. The fourth-order valence-corrected chi connectivity index (χ4v) is 5.49. The van der Waals surface area contributed by atoms with Crippen LogP contribution in [0.5, 0.6) is 0 Å². The van der Waals surface area contributed by atoms with Crippen molar-refractivity contribution >= 4 is 39.4 Å². The molecule has 0 saturated carbocycles. The first-order valence-corrected chi connectivity index (χ1v) is 11.5. The van der Waals surface area contributed by atoms with Crippen molar-refractivity contribution in [3.8, 4) is 0 Å². The standard InChI is InChI=1S/C20H24N4O7S/c1-11(19(28)23-14(18(21)27)8-9-16(25)26)22-20(29)13-6-4-10-24-17(13)12-5-2-3-7-15(12)32(24,30)31/h2-3,5,7,11,14H,4,6,8-10H2,1H3,(H2,21,27)(H,22,29)(H,23,28)(H,25,26)/t11-,14+/m0/s1. The van der Waals surface area contributed by atoms with Crippen molar-refractivity contribution in [1.29, 1.82) is 0 Å². The number of rotatable bonds is 8. The van der Waals surface area contributed by atoms with Crippen LogP contribution >= 0.6 is 0 Å². The van der Waals surface area contributed by atoms with Crippen LogP contribution in [0.15, 0.2) is 34.7 Å². The minimum absolute atomic E-state index is 0.135. The zero-order valence-corrected chi connectivity index (χ0v) is 18.1. The van der Waals surface area contributed by atoms with Crippen LogP contribution in [0.25, 0.3) is 5.70 Å². The molecule has 11 nitrogen and oxygen atoms in total. The van der Waals surface area contributed by atoms with Gasteiger partial charge in [0.25, 0.3) is 10.0 Å². The largest absolute Gasteiger partial charge is 0.481 e. The minimum atomic E-state index is -3.74. The van der Waals surface area contributed by atoms with Gasteiger partial charge >= 0.3 is 5.97 Å². The second kappa shape index (κ2) is 8.99. The highest BCUT2D eigenvalue weighted by atomic mass is 32.2. The third-order valence-corrected chi connectivity index (χ3v) is 7.21.